The summed E-state index contributed by atoms with van der Waals surface area (Å²) in [7, 11) is 0. The Kier molecular flexibility index (Phi) is 4.29. The molecule has 1 aromatic rings. The maximum absolute atomic E-state index is 11.2. The van der Waals surface area contributed by atoms with Crippen LogP contribution in [0.2, 0.25) is 0 Å². The Labute approximate surface area is 96.6 Å². The third-order valence-corrected chi connectivity index (χ3v) is 2.67. The lowest BCUT2D eigenvalue weighted by molar-refractivity contribution is -0.120. The molecule has 0 aromatic heterocycles. The van der Waals surface area contributed by atoms with Crippen LogP contribution in [0.3, 0.4) is 0 Å². The zero-order chi connectivity index (χ0) is 12.1. The summed E-state index contributed by atoms with van der Waals surface area (Å²) in [6.45, 7) is 5.44. The standard InChI is InChI=1S/C14H18O2/c1-4-5-13-9-12(6-7-14(13)16)8-10(2)11(3)15/h4-7,9-10,16H,8H2,1-3H3/b5-4+/t10-/m0/s1. The van der Waals surface area contributed by atoms with Crippen molar-refractivity contribution >= 4 is 11.9 Å². The van der Waals surface area contributed by atoms with Crippen molar-refractivity contribution in [3.8, 4) is 5.75 Å². The number of phenolic OH excluding ortho intramolecular Hbond substituents is 1. The molecule has 0 bridgehead atoms. The highest BCUT2D eigenvalue weighted by atomic mass is 16.3. The monoisotopic (exact) mass is 218 g/mol. The molecule has 16 heavy (non-hydrogen) atoms. The molecule has 0 radical (unpaired) electrons. The Hall–Kier alpha value is -1.57. The predicted octanol–water partition coefficient (Wildman–Crippen LogP) is 3.19. The van der Waals surface area contributed by atoms with Gasteiger partial charge >= 0.3 is 0 Å². The van der Waals surface area contributed by atoms with E-state index in [0.717, 1.165) is 17.5 Å². The number of phenols is 1. The average molecular weight is 218 g/mol. The third-order valence-electron chi connectivity index (χ3n) is 2.67. The van der Waals surface area contributed by atoms with Crippen LogP contribution in [-0.2, 0) is 11.2 Å². The largest absolute Gasteiger partial charge is 0.507 e. The van der Waals surface area contributed by atoms with Crippen molar-refractivity contribution in [1.82, 2.24) is 0 Å². The van der Waals surface area contributed by atoms with Gasteiger partial charge in [0, 0.05) is 11.5 Å². The van der Waals surface area contributed by atoms with Gasteiger partial charge < -0.3 is 5.11 Å². The first-order valence-electron chi connectivity index (χ1n) is 5.49. The normalized spacial score (nSPS) is 12.9. The maximum Gasteiger partial charge on any atom is 0.132 e. The van der Waals surface area contributed by atoms with Crippen LogP contribution < -0.4 is 0 Å². The van der Waals surface area contributed by atoms with Crippen molar-refractivity contribution in [2.45, 2.75) is 27.2 Å². The van der Waals surface area contributed by atoms with E-state index in [0.29, 0.717) is 0 Å². The summed E-state index contributed by atoms with van der Waals surface area (Å²) >= 11 is 0. The minimum absolute atomic E-state index is 0.0306. The second kappa shape index (κ2) is 5.50. The lowest BCUT2D eigenvalue weighted by Gasteiger charge is -2.09. The lowest BCUT2D eigenvalue weighted by atomic mass is 9.96. The van der Waals surface area contributed by atoms with Gasteiger partial charge in [0.05, 0.1) is 0 Å². The molecule has 0 heterocycles. The average Bonchev–Trinajstić information content (AvgIpc) is 2.23. The van der Waals surface area contributed by atoms with E-state index in [1.807, 2.05) is 38.1 Å². The van der Waals surface area contributed by atoms with Crippen molar-refractivity contribution in [3.63, 3.8) is 0 Å². The fraction of sp³-hybridized carbons (Fsp3) is 0.357. The number of hydrogen-bond donors (Lipinski definition) is 1. The molecule has 86 valence electrons. The van der Waals surface area contributed by atoms with E-state index in [1.165, 1.54) is 0 Å². The highest BCUT2D eigenvalue weighted by Crippen LogP contribution is 2.21. The number of rotatable bonds is 4. The molecule has 1 rings (SSSR count). The van der Waals surface area contributed by atoms with Gasteiger partial charge in [0.1, 0.15) is 11.5 Å². The molecule has 0 spiro atoms. The maximum atomic E-state index is 11.2. The molecule has 0 amide bonds. The van der Waals surface area contributed by atoms with E-state index in [-0.39, 0.29) is 17.5 Å². The number of allylic oxidation sites excluding steroid dienone is 1. The minimum atomic E-state index is 0.0306. The van der Waals surface area contributed by atoms with Crippen LogP contribution >= 0.6 is 0 Å². The summed E-state index contributed by atoms with van der Waals surface area (Å²) in [5.74, 6) is 0.501. The van der Waals surface area contributed by atoms with Crippen LogP contribution in [0.4, 0.5) is 0 Å². The molecule has 0 aliphatic carbocycles. The number of hydrogen-bond acceptors (Lipinski definition) is 2. The number of Topliss-reactive ketones (excluding diaryl/α,β-unsaturated/α-hetero) is 1. The molecule has 0 saturated heterocycles. The van der Waals surface area contributed by atoms with Gasteiger partial charge in [0.2, 0.25) is 0 Å². The first-order chi connectivity index (χ1) is 7.54. The van der Waals surface area contributed by atoms with Crippen LogP contribution in [0.5, 0.6) is 5.75 Å². The van der Waals surface area contributed by atoms with Gasteiger partial charge in [-0.25, -0.2) is 0 Å². The van der Waals surface area contributed by atoms with Crippen molar-refractivity contribution in [2.24, 2.45) is 5.92 Å². The minimum Gasteiger partial charge on any atom is -0.507 e. The summed E-state index contributed by atoms with van der Waals surface area (Å²) in [5.41, 5.74) is 1.88. The van der Waals surface area contributed by atoms with Crippen LogP contribution in [0.25, 0.3) is 6.08 Å². The van der Waals surface area contributed by atoms with E-state index < -0.39 is 0 Å². The van der Waals surface area contributed by atoms with Crippen LogP contribution in [-0.4, -0.2) is 10.9 Å². The molecule has 1 N–H and O–H groups in total. The van der Waals surface area contributed by atoms with Gasteiger partial charge in [-0.1, -0.05) is 25.1 Å². The predicted molar refractivity (Wildman–Crippen MR) is 66.4 cm³/mol. The summed E-state index contributed by atoms with van der Waals surface area (Å²) in [6, 6.07) is 5.47. The molecule has 2 heteroatoms. The molecule has 0 unspecified atom stereocenters. The summed E-state index contributed by atoms with van der Waals surface area (Å²) in [4.78, 5) is 11.2. The Morgan fingerprint density at radius 2 is 2.19 bits per heavy atom. The fourth-order valence-electron chi connectivity index (χ4n) is 1.54. The number of ketones is 1. The van der Waals surface area contributed by atoms with E-state index in [4.69, 9.17) is 0 Å². The molecule has 0 aliphatic heterocycles. The van der Waals surface area contributed by atoms with Crippen LogP contribution in [0, 0.1) is 5.92 Å². The number of benzene rings is 1. The second-order valence-electron chi connectivity index (χ2n) is 4.11. The SMILES string of the molecule is C/C=C/c1cc(C[C@H](C)C(C)=O)ccc1O. The zero-order valence-corrected chi connectivity index (χ0v) is 10.0. The molecular formula is C14H18O2. The lowest BCUT2D eigenvalue weighted by Crippen LogP contribution is -2.09. The summed E-state index contributed by atoms with van der Waals surface area (Å²) in [5, 5.41) is 9.59. The van der Waals surface area contributed by atoms with Crippen molar-refractivity contribution in [2.75, 3.05) is 0 Å². The molecule has 0 saturated carbocycles. The highest BCUT2D eigenvalue weighted by molar-refractivity contribution is 5.78. The Bertz CT molecular complexity index is 405. The Balaban J connectivity index is 2.90. The summed E-state index contributed by atoms with van der Waals surface area (Å²) in [6.07, 6.45) is 4.46. The third kappa shape index (κ3) is 3.23. The van der Waals surface area contributed by atoms with Gasteiger partial charge in [-0.2, -0.15) is 0 Å². The van der Waals surface area contributed by atoms with Crippen LogP contribution in [0.1, 0.15) is 31.9 Å². The first kappa shape index (κ1) is 12.5. The first-order valence-corrected chi connectivity index (χ1v) is 5.49. The number of carbonyl (C=O) groups excluding carboxylic acids is 1. The zero-order valence-electron chi connectivity index (χ0n) is 10.0. The van der Waals surface area contributed by atoms with Gasteiger partial charge in [-0.05, 0) is 38.0 Å². The van der Waals surface area contributed by atoms with Crippen molar-refractivity contribution in [1.29, 1.82) is 0 Å². The van der Waals surface area contributed by atoms with Gasteiger partial charge in [0.15, 0.2) is 0 Å². The highest BCUT2D eigenvalue weighted by Gasteiger charge is 2.09. The number of carbonyl (C=O) groups is 1. The van der Waals surface area contributed by atoms with Gasteiger partial charge in [-0.15, -0.1) is 0 Å². The van der Waals surface area contributed by atoms with E-state index in [9.17, 15) is 9.90 Å². The van der Waals surface area contributed by atoms with E-state index in [1.54, 1.807) is 13.0 Å². The van der Waals surface area contributed by atoms with Crippen molar-refractivity contribution < 1.29 is 9.90 Å². The smallest absolute Gasteiger partial charge is 0.132 e. The molecule has 2 nitrogen and oxygen atoms in total. The van der Waals surface area contributed by atoms with Crippen molar-refractivity contribution in [3.05, 3.63) is 35.4 Å². The van der Waals surface area contributed by atoms with Gasteiger partial charge in [0.25, 0.3) is 0 Å². The van der Waals surface area contributed by atoms with Gasteiger partial charge in [-0.3, -0.25) is 4.79 Å². The van der Waals surface area contributed by atoms with Crippen LogP contribution in [0.15, 0.2) is 24.3 Å². The Morgan fingerprint density at radius 3 is 2.75 bits per heavy atom. The number of aromatic hydroxyl groups is 1. The Morgan fingerprint density at radius 1 is 1.50 bits per heavy atom. The molecule has 0 aliphatic rings. The fourth-order valence-corrected chi connectivity index (χ4v) is 1.54. The van der Waals surface area contributed by atoms with E-state index >= 15 is 0 Å². The molecule has 1 atom stereocenters. The quantitative estimate of drug-likeness (QED) is 0.842. The summed E-state index contributed by atoms with van der Waals surface area (Å²) < 4.78 is 0. The topological polar surface area (TPSA) is 37.3 Å². The second-order valence-corrected chi connectivity index (χ2v) is 4.11. The molecule has 1 aromatic carbocycles. The molecular weight excluding hydrogens is 200 g/mol. The van der Waals surface area contributed by atoms with E-state index in [2.05, 4.69) is 0 Å². The molecule has 0 fully saturated rings.